The van der Waals surface area contributed by atoms with Gasteiger partial charge in [0, 0.05) is 11.1 Å². The average Bonchev–Trinajstić information content (AvgIpc) is 2.99. The van der Waals surface area contributed by atoms with E-state index in [-0.39, 0.29) is 35.7 Å². The van der Waals surface area contributed by atoms with Gasteiger partial charge in [-0.2, -0.15) is 5.10 Å². The fourth-order valence-electron chi connectivity index (χ4n) is 4.35. The predicted molar refractivity (Wildman–Crippen MR) is 102 cm³/mol. The summed E-state index contributed by atoms with van der Waals surface area (Å²) < 4.78 is 10.1. The minimum absolute atomic E-state index is 0.0707. The number of hydrogen-bond acceptors (Lipinski definition) is 5. The second-order valence-corrected chi connectivity index (χ2v) is 8.27. The van der Waals surface area contributed by atoms with Crippen LogP contribution < -0.4 is 10.2 Å². The van der Waals surface area contributed by atoms with Crippen LogP contribution in [0.25, 0.3) is 0 Å². The van der Waals surface area contributed by atoms with Crippen molar-refractivity contribution in [2.24, 2.45) is 21.8 Å². The maximum absolute atomic E-state index is 12.1. The van der Waals surface area contributed by atoms with Crippen molar-refractivity contribution < 1.29 is 19.1 Å². The zero-order valence-corrected chi connectivity index (χ0v) is 16.5. The summed E-state index contributed by atoms with van der Waals surface area (Å²) in [6.07, 6.45) is 3.55. The fraction of sp³-hybridized carbons (Fsp3) is 0.571. The Morgan fingerprint density at radius 1 is 1.22 bits per heavy atom. The van der Waals surface area contributed by atoms with Crippen LogP contribution in [-0.4, -0.2) is 31.3 Å². The normalized spacial score (nSPS) is 26.8. The number of carbonyl (C=O) groups is 2. The van der Waals surface area contributed by atoms with Crippen LogP contribution in [0, 0.1) is 16.7 Å². The second-order valence-electron chi connectivity index (χ2n) is 8.27. The molecular formula is C21H28N2O4. The first-order valence-corrected chi connectivity index (χ1v) is 9.40. The molecule has 2 bridgehead atoms. The smallest absolute Gasteiger partial charge is 0.309 e. The topological polar surface area (TPSA) is 77.0 Å². The number of hydrazone groups is 1. The van der Waals surface area contributed by atoms with E-state index >= 15 is 0 Å². The number of nitrogens with zero attached hydrogens (tertiary/aromatic N) is 1. The number of carbonyl (C=O) groups excluding carboxylic acids is 2. The molecule has 1 N–H and O–H groups in total. The van der Waals surface area contributed by atoms with Crippen LogP contribution in [0.15, 0.2) is 29.4 Å². The Morgan fingerprint density at radius 2 is 1.93 bits per heavy atom. The van der Waals surface area contributed by atoms with Crippen molar-refractivity contribution >= 4 is 17.6 Å². The fourth-order valence-corrected chi connectivity index (χ4v) is 4.35. The van der Waals surface area contributed by atoms with Crippen molar-refractivity contribution in [2.45, 2.75) is 46.5 Å². The summed E-state index contributed by atoms with van der Waals surface area (Å²) in [5.41, 5.74) is 4.89. The van der Waals surface area contributed by atoms with Crippen LogP contribution in [0.4, 0.5) is 0 Å². The minimum Gasteiger partial charge on any atom is -0.484 e. The Kier molecular flexibility index (Phi) is 5.27. The van der Waals surface area contributed by atoms with Crippen LogP contribution in [0.1, 0.15) is 45.6 Å². The van der Waals surface area contributed by atoms with Gasteiger partial charge in [-0.25, -0.2) is 5.43 Å². The van der Waals surface area contributed by atoms with Crippen molar-refractivity contribution in [3.63, 3.8) is 0 Å². The van der Waals surface area contributed by atoms with Gasteiger partial charge in [0.05, 0.1) is 13.5 Å². The molecule has 6 nitrogen and oxygen atoms in total. The molecule has 27 heavy (non-hydrogen) atoms. The van der Waals surface area contributed by atoms with Crippen LogP contribution in [0.3, 0.4) is 0 Å². The summed E-state index contributed by atoms with van der Waals surface area (Å²) in [6, 6.07) is 7.03. The number of amides is 1. The van der Waals surface area contributed by atoms with Gasteiger partial charge in [0.25, 0.3) is 5.91 Å². The lowest BCUT2D eigenvalue weighted by atomic mass is 9.70. The summed E-state index contributed by atoms with van der Waals surface area (Å²) in [5.74, 6) is 0.655. The summed E-state index contributed by atoms with van der Waals surface area (Å²) in [4.78, 5) is 23.3. The Hall–Kier alpha value is -2.37. The van der Waals surface area contributed by atoms with Gasteiger partial charge in [-0.05, 0) is 48.3 Å². The molecule has 2 aliphatic rings. The SMILES string of the molecule is COC(=O)Cc1ccc(OCC(=O)N/N=C2\CC3CCC2(C)C3(C)C)cc1. The average molecular weight is 372 g/mol. The molecule has 3 rings (SSSR count). The number of hydrogen-bond donors (Lipinski definition) is 1. The molecule has 2 saturated carbocycles. The van der Waals surface area contributed by atoms with Gasteiger partial charge in [0.2, 0.25) is 0 Å². The lowest BCUT2D eigenvalue weighted by molar-refractivity contribution is -0.139. The lowest BCUT2D eigenvalue weighted by Gasteiger charge is -2.34. The monoisotopic (exact) mass is 372 g/mol. The molecule has 146 valence electrons. The Balaban J connectivity index is 1.50. The van der Waals surface area contributed by atoms with E-state index in [1.807, 2.05) is 0 Å². The zero-order chi connectivity index (χ0) is 19.7. The van der Waals surface area contributed by atoms with Crippen molar-refractivity contribution in [1.82, 2.24) is 5.43 Å². The number of esters is 1. The third-order valence-electron chi connectivity index (χ3n) is 6.70. The standard InChI is InChI=1S/C21H28N2O4/c1-20(2)15-9-10-21(20,3)17(12-15)22-23-18(24)13-27-16-7-5-14(6-8-16)11-19(25)26-4/h5-8,15H,9-13H2,1-4H3,(H,23,24)/b22-17+. The van der Waals surface area contributed by atoms with E-state index in [2.05, 4.69) is 36.0 Å². The van der Waals surface area contributed by atoms with Crippen LogP contribution in [0.5, 0.6) is 5.75 Å². The molecule has 0 aromatic heterocycles. The van der Waals surface area contributed by atoms with Crippen LogP contribution in [-0.2, 0) is 20.7 Å². The van der Waals surface area contributed by atoms with E-state index in [1.54, 1.807) is 24.3 Å². The molecule has 2 aliphatic carbocycles. The van der Waals surface area contributed by atoms with Crippen molar-refractivity contribution in [2.75, 3.05) is 13.7 Å². The molecule has 2 unspecified atom stereocenters. The van der Waals surface area contributed by atoms with Gasteiger partial charge in [0.1, 0.15) is 5.75 Å². The third kappa shape index (κ3) is 3.70. The molecule has 1 aromatic carbocycles. The first kappa shape index (κ1) is 19.4. The highest BCUT2D eigenvalue weighted by atomic mass is 16.5. The number of nitrogens with one attached hydrogen (secondary N) is 1. The van der Waals surface area contributed by atoms with Gasteiger partial charge in [-0.1, -0.05) is 32.9 Å². The number of fused-ring (bicyclic) bond motifs is 2. The summed E-state index contributed by atoms with van der Waals surface area (Å²) in [6.45, 7) is 6.78. The van der Waals surface area contributed by atoms with E-state index in [0.29, 0.717) is 11.7 Å². The molecule has 6 heteroatoms. The van der Waals surface area contributed by atoms with Crippen LogP contribution in [0.2, 0.25) is 0 Å². The van der Waals surface area contributed by atoms with Crippen molar-refractivity contribution in [3.8, 4) is 5.75 Å². The highest BCUT2D eigenvalue weighted by molar-refractivity contribution is 5.95. The quantitative estimate of drug-likeness (QED) is 0.615. The minimum atomic E-state index is -0.292. The Morgan fingerprint density at radius 3 is 2.48 bits per heavy atom. The Labute approximate surface area is 160 Å². The summed E-state index contributed by atoms with van der Waals surface area (Å²) in [7, 11) is 1.36. The zero-order valence-electron chi connectivity index (χ0n) is 16.5. The molecule has 2 fully saturated rings. The maximum Gasteiger partial charge on any atom is 0.309 e. The molecule has 0 saturated heterocycles. The van der Waals surface area contributed by atoms with E-state index in [0.717, 1.165) is 24.1 Å². The van der Waals surface area contributed by atoms with Crippen molar-refractivity contribution in [3.05, 3.63) is 29.8 Å². The van der Waals surface area contributed by atoms with E-state index in [1.165, 1.54) is 13.5 Å². The number of methoxy groups -OCH3 is 1. The van der Waals surface area contributed by atoms with Gasteiger partial charge >= 0.3 is 5.97 Å². The number of ether oxygens (including phenoxy) is 2. The van der Waals surface area contributed by atoms with Gasteiger partial charge in [-0.3, -0.25) is 9.59 Å². The largest absolute Gasteiger partial charge is 0.484 e. The molecule has 0 aliphatic heterocycles. The third-order valence-corrected chi connectivity index (χ3v) is 6.70. The van der Waals surface area contributed by atoms with Gasteiger partial charge < -0.3 is 9.47 Å². The number of benzene rings is 1. The molecular weight excluding hydrogens is 344 g/mol. The summed E-state index contributed by atoms with van der Waals surface area (Å²) >= 11 is 0. The maximum atomic E-state index is 12.1. The molecule has 1 aromatic rings. The highest BCUT2D eigenvalue weighted by Gasteiger charge is 2.59. The van der Waals surface area contributed by atoms with E-state index < -0.39 is 0 Å². The molecule has 1 amide bonds. The van der Waals surface area contributed by atoms with Gasteiger partial charge in [0.15, 0.2) is 6.61 Å². The first-order chi connectivity index (χ1) is 12.8. The van der Waals surface area contributed by atoms with Gasteiger partial charge in [-0.15, -0.1) is 0 Å². The lowest BCUT2D eigenvalue weighted by Crippen LogP contribution is -2.35. The van der Waals surface area contributed by atoms with Crippen molar-refractivity contribution in [1.29, 1.82) is 0 Å². The number of rotatable bonds is 6. The van der Waals surface area contributed by atoms with E-state index in [9.17, 15) is 9.59 Å². The second kappa shape index (κ2) is 7.33. The Bertz CT molecular complexity index is 754. The summed E-state index contributed by atoms with van der Waals surface area (Å²) in [5, 5.41) is 4.43. The van der Waals surface area contributed by atoms with Crippen LogP contribution >= 0.6 is 0 Å². The first-order valence-electron chi connectivity index (χ1n) is 9.40. The molecule has 0 radical (unpaired) electrons. The van der Waals surface area contributed by atoms with E-state index in [4.69, 9.17) is 4.74 Å². The predicted octanol–water partition coefficient (Wildman–Crippen LogP) is 3.10. The highest BCUT2D eigenvalue weighted by Crippen LogP contribution is 2.63. The molecule has 0 spiro atoms. The molecule has 2 atom stereocenters. The molecule has 0 heterocycles.